The third-order valence-corrected chi connectivity index (χ3v) is 5.17. The van der Waals surface area contributed by atoms with Crippen molar-refractivity contribution in [1.29, 1.82) is 0 Å². The minimum absolute atomic E-state index is 0.258. The third kappa shape index (κ3) is 2.33. The molecule has 3 rings (SSSR count). The number of nitrogens with zero attached hydrogens (tertiary/aromatic N) is 2. The Morgan fingerprint density at radius 1 is 1.29 bits per heavy atom. The van der Waals surface area contributed by atoms with E-state index in [4.69, 9.17) is 9.47 Å². The highest BCUT2D eigenvalue weighted by atomic mass is 32.2. The second-order valence-electron chi connectivity index (χ2n) is 4.61. The zero-order valence-corrected chi connectivity index (χ0v) is 12.2. The lowest BCUT2D eigenvalue weighted by molar-refractivity contribution is 0.0724. The zero-order chi connectivity index (χ0) is 15.0. The number of benzene rings is 1. The second-order valence-corrected chi connectivity index (χ2v) is 6.38. The van der Waals surface area contributed by atoms with Gasteiger partial charge in [0.15, 0.2) is 0 Å². The van der Waals surface area contributed by atoms with Crippen LogP contribution in [0.2, 0.25) is 0 Å². The van der Waals surface area contributed by atoms with Crippen LogP contribution in [0.25, 0.3) is 10.9 Å². The van der Waals surface area contributed by atoms with Gasteiger partial charge in [-0.1, -0.05) is 0 Å². The van der Waals surface area contributed by atoms with Gasteiger partial charge in [-0.3, -0.25) is 4.79 Å². The summed E-state index contributed by atoms with van der Waals surface area (Å²) >= 11 is 0. The molecule has 2 heterocycles. The first kappa shape index (κ1) is 14.1. The van der Waals surface area contributed by atoms with Gasteiger partial charge in [-0.25, -0.2) is 5.10 Å². The van der Waals surface area contributed by atoms with Gasteiger partial charge in [0.2, 0.25) is 0 Å². The van der Waals surface area contributed by atoms with E-state index in [0.717, 1.165) is 4.09 Å². The fourth-order valence-corrected chi connectivity index (χ4v) is 3.73. The summed E-state index contributed by atoms with van der Waals surface area (Å²) in [6.45, 7) is 1.19. The molecule has 0 amide bonds. The van der Waals surface area contributed by atoms with E-state index in [2.05, 4.69) is 5.10 Å². The fourth-order valence-electron chi connectivity index (χ4n) is 2.29. The molecule has 1 aliphatic rings. The molecule has 0 spiro atoms. The lowest BCUT2D eigenvalue weighted by Crippen LogP contribution is -2.43. The van der Waals surface area contributed by atoms with Crippen LogP contribution in [0.15, 0.2) is 23.0 Å². The van der Waals surface area contributed by atoms with Gasteiger partial charge in [-0.2, -0.15) is 16.8 Å². The van der Waals surface area contributed by atoms with Crippen LogP contribution >= 0.6 is 0 Å². The largest absolute Gasteiger partial charge is 0.497 e. The number of morpholine rings is 1. The third-order valence-electron chi connectivity index (χ3n) is 3.40. The van der Waals surface area contributed by atoms with Crippen LogP contribution in [0, 0.1) is 0 Å². The normalized spacial score (nSPS) is 17.2. The molecule has 1 aliphatic heterocycles. The van der Waals surface area contributed by atoms with Crippen LogP contribution in [-0.2, 0) is 14.9 Å². The molecule has 1 aromatic carbocycles. The number of hydrogen-bond acceptors (Lipinski definition) is 5. The Morgan fingerprint density at radius 3 is 2.67 bits per heavy atom. The maximum atomic E-state index is 12.6. The molecular formula is C12H15N3O5S. The highest BCUT2D eigenvalue weighted by Gasteiger charge is 2.28. The summed E-state index contributed by atoms with van der Waals surface area (Å²) in [4.78, 5) is 11.9. The SMILES string of the molecule is COc1ccc2c(=O)[nH]n(S(=O)(=O)N3CCOCC3)c2c1. The van der Waals surface area contributed by atoms with E-state index in [1.807, 2.05) is 0 Å². The summed E-state index contributed by atoms with van der Waals surface area (Å²) in [6.07, 6.45) is 0. The van der Waals surface area contributed by atoms with Crippen LogP contribution < -0.4 is 10.3 Å². The molecule has 0 atom stereocenters. The Morgan fingerprint density at radius 2 is 2.00 bits per heavy atom. The number of H-pyrrole nitrogens is 1. The molecule has 114 valence electrons. The van der Waals surface area contributed by atoms with Gasteiger partial charge in [0, 0.05) is 19.2 Å². The first-order valence-corrected chi connectivity index (χ1v) is 7.81. The number of ether oxygens (including phenoxy) is 2. The van der Waals surface area contributed by atoms with E-state index >= 15 is 0 Å². The Bertz CT molecular complexity index is 817. The second kappa shape index (κ2) is 5.17. The van der Waals surface area contributed by atoms with Crippen LogP contribution in [-0.4, -0.2) is 55.3 Å². The zero-order valence-electron chi connectivity index (χ0n) is 11.4. The molecule has 0 bridgehead atoms. The summed E-state index contributed by atoms with van der Waals surface area (Å²) in [5.74, 6) is 0.479. The predicted molar refractivity (Wildman–Crippen MR) is 75.8 cm³/mol. The monoisotopic (exact) mass is 313 g/mol. The number of fused-ring (bicyclic) bond motifs is 1. The molecule has 1 aromatic heterocycles. The van der Waals surface area contributed by atoms with Crippen molar-refractivity contribution in [3.05, 3.63) is 28.6 Å². The number of aromatic nitrogens is 2. The number of nitrogens with one attached hydrogen (secondary N) is 1. The maximum Gasteiger partial charge on any atom is 0.322 e. The number of methoxy groups -OCH3 is 1. The average Bonchev–Trinajstić information content (AvgIpc) is 2.85. The molecule has 9 heteroatoms. The minimum Gasteiger partial charge on any atom is -0.497 e. The van der Waals surface area contributed by atoms with Crippen molar-refractivity contribution in [2.75, 3.05) is 33.4 Å². The molecule has 0 aliphatic carbocycles. The summed E-state index contributed by atoms with van der Waals surface area (Å²) in [5, 5.41) is 2.68. The van der Waals surface area contributed by atoms with Gasteiger partial charge in [0.05, 0.1) is 31.2 Å². The molecule has 1 fully saturated rings. The standard InChI is InChI=1S/C12H15N3O5S/c1-19-9-2-3-10-11(8-9)15(13-12(10)16)21(17,18)14-4-6-20-7-5-14/h2-3,8H,4-7H2,1H3,(H,13,16). The first-order valence-electron chi connectivity index (χ1n) is 6.41. The molecule has 0 radical (unpaired) electrons. The Labute approximate surface area is 121 Å². The highest BCUT2D eigenvalue weighted by molar-refractivity contribution is 7.87. The molecule has 21 heavy (non-hydrogen) atoms. The van der Waals surface area contributed by atoms with E-state index in [1.165, 1.54) is 17.5 Å². The van der Waals surface area contributed by atoms with E-state index < -0.39 is 15.8 Å². The molecule has 0 unspecified atom stereocenters. The molecule has 0 saturated carbocycles. The van der Waals surface area contributed by atoms with Crippen molar-refractivity contribution in [2.24, 2.45) is 0 Å². The van der Waals surface area contributed by atoms with Gasteiger partial charge in [-0.05, 0) is 12.1 Å². The van der Waals surface area contributed by atoms with Gasteiger partial charge in [0.1, 0.15) is 5.75 Å². The van der Waals surface area contributed by atoms with Crippen LogP contribution in [0.3, 0.4) is 0 Å². The summed E-state index contributed by atoms with van der Waals surface area (Å²) < 4.78 is 37.7. The maximum absolute atomic E-state index is 12.6. The Balaban J connectivity index is 2.17. The van der Waals surface area contributed by atoms with Crippen LogP contribution in [0.4, 0.5) is 0 Å². The van der Waals surface area contributed by atoms with Gasteiger partial charge >= 0.3 is 10.2 Å². The van der Waals surface area contributed by atoms with Gasteiger partial charge in [-0.15, -0.1) is 0 Å². The Kier molecular flexibility index (Phi) is 3.47. The summed E-state index contributed by atoms with van der Waals surface area (Å²) in [5.41, 5.74) is -0.185. The number of rotatable bonds is 3. The lowest BCUT2D eigenvalue weighted by atomic mass is 10.2. The number of hydrogen-bond donors (Lipinski definition) is 1. The van der Waals surface area contributed by atoms with Crippen molar-refractivity contribution in [2.45, 2.75) is 0 Å². The fraction of sp³-hybridized carbons (Fsp3) is 0.417. The molecule has 2 aromatic rings. The predicted octanol–water partition coefficient (Wildman–Crippen LogP) is -0.237. The van der Waals surface area contributed by atoms with Crippen LogP contribution in [0.1, 0.15) is 0 Å². The lowest BCUT2D eigenvalue weighted by Gasteiger charge is -2.26. The van der Waals surface area contributed by atoms with Crippen molar-refractivity contribution in [1.82, 2.24) is 13.5 Å². The van der Waals surface area contributed by atoms with Gasteiger partial charge in [0.25, 0.3) is 5.56 Å². The van der Waals surface area contributed by atoms with Crippen LogP contribution in [0.5, 0.6) is 5.75 Å². The summed E-state index contributed by atoms with van der Waals surface area (Å²) in [7, 11) is -2.35. The first-order chi connectivity index (χ1) is 10.0. The quantitative estimate of drug-likeness (QED) is 0.844. The van der Waals surface area contributed by atoms with E-state index in [-0.39, 0.29) is 18.6 Å². The molecule has 1 saturated heterocycles. The van der Waals surface area contributed by atoms with Crippen molar-refractivity contribution in [3.63, 3.8) is 0 Å². The molecule has 1 N–H and O–H groups in total. The Hall–Kier alpha value is -1.84. The van der Waals surface area contributed by atoms with E-state index in [1.54, 1.807) is 12.1 Å². The molecular weight excluding hydrogens is 298 g/mol. The average molecular weight is 313 g/mol. The highest BCUT2D eigenvalue weighted by Crippen LogP contribution is 2.20. The van der Waals surface area contributed by atoms with Crippen molar-refractivity contribution < 1.29 is 17.9 Å². The molecule has 8 nitrogen and oxygen atoms in total. The van der Waals surface area contributed by atoms with E-state index in [0.29, 0.717) is 24.3 Å². The van der Waals surface area contributed by atoms with Gasteiger partial charge < -0.3 is 9.47 Å². The number of aromatic amines is 1. The minimum atomic E-state index is -3.83. The van der Waals surface area contributed by atoms with Crippen molar-refractivity contribution in [3.8, 4) is 5.75 Å². The topological polar surface area (TPSA) is 93.6 Å². The summed E-state index contributed by atoms with van der Waals surface area (Å²) in [6, 6.07) is 4.67. The van der Waals surface area contributed by atoms with Crippen molar-refractivity contribution >= 4 is 21.1 Å². The smallest absolute Gasteiger partial charge is 0.322 e. The van der Waals surface area contributed by atoms with E-state index in [9.17, 15) is 13.2 Å².